The van der Waals surface area contributed by atoms with Crippen molar-refractivity contribution in [2.24, 2.45) is 5.73 Å². The standard InChI is InChI=1S/C10H14N2O4/c1-6(12(2)5-9(11)13)7-3-4-8(16-7)10(14)15/h3-4,6H,5H2,1-2H3,(H2,11,13)(H,14,15). The number of likely N-dealkylation sites (N-methyl/N-ethyl adjacent to an activating group) is 1. The Balaban J connectivity index is 2.75. The highest BCUT2D eigenvalue weighted by atomic mass is 16.4. The van der Waals surface area contributed by atoms with E-state index in [1.54, 1.807) is 24.9 Å². The van der Waals surface area contributed by atoms with Gasteiger partial charge in [-0.1, -0.05) is 0 Å². The summed E-state index contributed by atoms with van der Waals surface area (Å²) in [4.78, 5) is 23.0. The zero-order chi connectivity index (χ0) is 12.3. The number of aromatic carboxylic acids is 1. The number of amides is 1. The zero-order valence-electron chi connectivity index (χ0n) is 9.14. The second-order valence-electron chi connectivity index (χ2n) is 3.56. The topological polar surface area (TPSA) is 96.8 Å². The highest BCUT2D eigenvalue weighted by Gasteiger charge is 2.18. The predicted octanol–water partition coefficient (Wildman–Crippen LogP) is 0.456. The minimum Gasteiger partial charge on any atom is -0.475 e. The van der Waals surface area contributed by atoms with E-state index in [0.29, 0.717) is 5.76 Å². The van der Waals surface area contributed by atoms with E-state index >= 15 is 0 Å². The Morgan fingerprint density at radius 1 is 1.56 bits per heavy atom. The number of carboxylic acids is 1. The van der Waals surface area contributed by atoms with Crippen molar-refractivity contribution < 1.29 is 19.1 Å². The monoisotopic (exact) mass is 226 g/mol. The van der Waals surface area contributed by atoms with Gasteiger partial charge in [-0.15, -0.1) is 0 Å². The minimum atomic E-state index is -1.11. The van der Waals surface area contributed by atoms with Gasteiger partial charge in [-0.3, -0.25) is 9.69 Å². The molecule has 0 saturated heterocycles. The summed E-state index contributed by atoms with van der Waals surface area (Å²) in [6.45, 7) is 1.89. The molecule has 0 fully saturated rings. The van der Waals surface area contributed by atoms with Gasteiger partial charge < -0.3 is 15.3 Å². The summed E-state index contributed by atoms with van der Waals surface area (Å²) in [5.41, 5.74) is 5.06. The van der Waals surface area contributed by atoms with Crippen LogP contribution in [0.15, 0.2) is 16.5 Å². The Morgan fingerprint density at radius 2 is 2.19 bits per heavy atom. The smallest absolute Gasteiger partial charge is 0.371 e. The largest absolute Gasteiger partial charge is 0.475 e. The van der Waals surface area contributed by atoms with Crippen LogP contribution in [0.1, 0.15) is 29.3 Å². The molecule has 6 heteroatoms. The summed E-state index contributed by atoms with van der Waals surface area (Å²) in [6.07, 6.45) is 0. The van der Waals surface area contributed by atoms with Gasteiger partial charge in [0.15, 0.2) is 0 Å². The van der Waals surface area contributed by atoms with E-state index in [1.807, 2.05) is 0 Å². The highest BCUT2D eigenvalue weighted by molar-refractivity contribution is 5.84. The van der Waals surface area contributed by atoms with Crippen LogP contribution in [0.5, 0.6) is 0 Å². The fraction of sp³-hybridized carbons (Fsp3) is 0.400. The average Bonchev–Trinajstić information content (AvgIpc) is 2.64. The van der Waals surface area contributed by atoms with Gasteiger partial charge in [0.1, 0.15) is 5.76 Å². The lowest BCUT2D eigenvalue weighted by atomic mass is 10.2. The van der Waals surface area contributed by atoms with E-state index in [9.17, 15) is 9.59 Å². The van der Waals surface area contributed by atoms with Crippen LogP contribution in [0.25, 0.3) is 0 Å². The van der Waals surface area contributed by atoms with Gasteiger partial charge in [-0.05, 0) is 26.1 Å². The number of hydrogen-bond donors (Lipinski definition) is 2. The fourth-order valence-corrected chi connectivity index (χ4v) is 1.29. The van der Waals surface area contributed by atoms with Gasteiger partial charge in [-0.25, -0.2) is 4.79 Å². The maximum absolute atomic E-state index is 10.7. The Kier molecular flexibility index (Phi) is 3.68. The number of primary amides is 1. The molecule has 3 N–H and O–H groups in total. The first-order valence-corrected chi connectivity index (χ1v) is 4.73. The first kappa shape index (κ1) is 12.3. The quantitative estimate of drug-likeness (QED) is 0.760. The fourth-order valence-electron chi connectivity index (χ4n) is 1.29. The van der Waals surface area contributed by atoms with Gasteiger partial charge in [-0.2, -0.15) is 0 Å². The molecule has 0 aliphatic rings. The van der Waals surface area contributed by atoms with Crippen LogP contribution in [0.2, 0.25) is 0 Å². The molecule has 0 spiro atoms. The number of hydrogen-bond acceptors (Lipinski definition) is 4. The van der Waals surface area contributed by atoms with Crippen LogP contribution < -0.4 is 5.73 Å². The highest BCUT2D eigenvalue weighted by Crippen LogP contribution is 2.20. The number of rotatable bonds is 5. The van der Waals surface area contributed by atoms with Crippen molar-refractivity contribution in [3.63, 3.8) is 0 Å². The van der Waals surface area contributed by atoms with Crippen LogP contribution in [-0.2, 0) is 4.79 Å². The molecule has 1 atom stereocenters. The molecule has 1 rings (SSSR count). The number of carbonyl (C=O) groups is 2. The van der Waals surface area contributed by atoms with Crippen LogP contribution in [0, 0.1) is 0 Å². The SMILES string of the molecule is CC(c1ccc(C(=O)O)o1)N(C)CC(N)=O. The molecule has 0 aromatic carbocycles. The Morgan fingerprint density at radius 3 is 2.62 bits per heavy atom. The van der Waals surface area contributed by atoms with E-state index in [2.05, 4.69) is 0 Å². The molecule has 0 radical (unpaired) electrons. The van der Waals surface area contributed by atoms with Gasteiger partial charge in [0.2, 0.25) is 11.7 Å². The number of nitrogens with zero attached hydrogens (tertiary/aromatic N) is 1. The lowest BCUT2D eigenvalue weighted by Gasteiger charge is -2.20. The minimum absolute atomic E-state index is 0.0876. The normalized spacial score (nSPS) is 12.7. The predicted molar refractivity (Wildman–Crippen MR) is 55.9 cm³/mol. The second-order valence-corrected chi connectivity index (χ2v) is 3.56. The Bertz CT molecular complexity index is 399. The molecular formula is C10H14N2O4. The maximum atomic E-state index is 10.7. The van der Waals surface area contributed by atoms with Gasteiger partial charge in [0, 0.05) is 0 Å². The van der Waals surface area contributed by atoms with Gasteiger partial charge >= 0.3 is 5.97 Å². The number of carboxylic acid groups (broad SMARTS) is 1. The first-order valence-electron chi connectivity index (χ1n) is 4.73. The molecule has 6 nitrogen and oxygen atoms in total. The van der Waals surface area contributed by atoms with Crippen LogP contribution >= 0.6 is 0 Å². The van der Waals surface area contributed by atoms with Crippen molar-refractivity contribution in [2.75, 3.05) is 13.6 Å². The molecule has 1 amide bonds. The van der Waals surface area contributed by atoms with Gasteiger partial charge in [0.05, 0.1) is 12.6 Å². The summed E-state index contributed by atoms with van der Waals surface area (Å²) >= 11 is 0. The first-order chi connectivity index (χ1) is 7.41. The molecule has 16 heavy (non-hydrogen) atoms. The maximum Gasteiger partial charge on any atom is 0.371 e. The van der Waals surface area contributed by atoms with Crippen LogP contribution in [-0.4, -0.2) is 35.5 Å². The third-order valence-corrected chi connectivity index (χ3v) is 2.32. The summed E-state index contributed by atoms with van der Waals surface area (Å²) in [5, 5.41) is 8.68. The summed E-state index contributed by atoms with van der Waals surface area (Å²) < 4.78 is 5.12. The second kappa shape index (κ2) is 4.80. The van der Waals surface area contributed by atoms with Crippen LogP contribution in [0.3, 0.4) is 0 Å². The molecule has 1 aromatic heterocycles. The van der Waals surface area contributed by atoms with Crippen molar-refractivity contribution in [3.05, 3.63) is 23.7 Å². The number of furan rings is 1. The summed E-state index contributed by atoms with van der Waals surface area (Å²) in [5.74, 6) is -1.19. The van der Waals surface area contributed by atoms with Crippen molar-refractivity contribution in [3.8, 4) is 0 Å². The molecule has 0 aliphatic heterocycles. The number of nitrogens with two attached hydrogens (primary N) is 1. The molecule has 1 aromatic rings. The molecule has 0 aliphatic carbocycles. The Labute approximate surface area is 92.6 Å². The zero-order valence-corrected chi connectivity index (χ0v) is 9.14. The molecular weight excluding hydrogens is 212 g/mol. The average molecular weight is 226 g/mol. The molecule has 0 saturated carbocycles. The molecule has 88 valence electrons. The summed E-state index contributed by atoms with van der Waals surface area (Å²) in [7, 11) is 1.71. The van der Waals surface area contributed by atoms with E-state index in [4.69, 9.17) is 15.3 Å². The Hall–Kier alpha value is -1.82. The van der Waals surface area contributed by atoms with Gasteiger partial charge in [0.25, 0.3) is 0 Å². The molecule has 1 unspecified atom stereocenters. The van der Waals surface area contributed by atoms with E-state index in [-0.39, 0.29) is 18.3 Å². The van der Waals surface area contributed by atoms with E-state index < -0.39 is 11.9 Å². The molecule has 1 heterocycles. The van der Waals surface area contributed by atoms with Crippen molar-refractivity contribution >= 4 is 11.9 Å². The van der Waals surface area contributed by atoms with Crippen molar-refractivity contribution in [2.45, 2.75) is 13.0 Å². The van der Waals surface area contributed by atoms with Crippen molar-refractivity contribution in [1.82, 2.24) is 4.90 Å². The lowest BCUT2D eigenvalue weighted by molar-refractivity contribution is -0.119. The van der Waals surface area contributed by atoms with Crippen molar-refractivity contribution in [1.29, 1.82) is 0 Å². The lowest BCUT2D eigenvalue weighted by Crippen LogP contribution is -2.32. The van der Waals surface area contributed by atoms with E-state index in [1.165, 1.54) is 6.07 Å². The third-order valence-electron chi connectivity index (χ3n) is 2.32. The third kappa shape index (κ3) is 2.83. The molecule has 0 bridgehead atoms. The summed E-state index contributed by atoms with van der Waals surface area (Å²) in [6, 6.07) is 2.75. The van der Waals surface area contributed by atoms with Crippen LogP contribution in [0.4, 0.5) is 0 Å². The van der Waals surface area contributed by atoms with E-state index in [0.717, 1.165) is 0 Å². The number of carbonyl (C=O) groups excluding carboxylic acids is 1.